The van der Waals surface area contributed by atoms with Gasteiger partial charge in [-0.1, -0.05) is 24.6 Å². The molecule has 0 spiro atoms. The van der Waals surface area contributed by atoms with Gasteiger partial charge in [-0.3, -0.25) is 4.98 Å². The van der Waals surface area contributed by atoms with Gasteiger partial charge in [0.05, 0.1) is 5.52 Å². The largest absolute Gasteiger partial charge is 0.446 e. The van der Waals surface area contributed by atoms with E-state index in [1.165, 1.54) is 35.8 Å². The van der Waals surface area contributed by atoms with Crippen LogP contribution < -0.4 is 0 Å². The van der Waals surface area contributed by atoms with Crippen LogP contribution in [0.2, 0.25) is 0 Å². The molecule has 25 heavy (non-hydrogen) atoms. The molecule has 2 aliphatic rings. The lowest BCUT2D eigenvalue weighted by Gasteiger charge is -2.26. The van der Waals surface area contributed by atoms with Crippen LogP contribution in [0.15, 0.2) is 24.3 Å². The predicted octanol–water partition coefficient (Wildman–Crippen LogP) is 4.41. The second-order valence-corrected chi connectivity index (χ2v) is 7.31. The number of amides is 1. The summed E-state index contributed by atoms with van der Waals surface area (Å²) in [5, 5.41) is 1.22. The minimum atomic E-state index is -0.137. The number of para-hydroxylation sites is 1. The molecule has 0 saturated heterocycles. The summed E-state index contributed by atoms with van der Waals surface area (Å²) in [5.74, 6) is 0. The number of rotatable bonds is 1. The fraction of sp³-hybridized carbons (Fsp3) is 0.524. The number of benzene rings is 1. The minimum absolute atomic E-state index is 0.120. The average molecular weight is 338 g/mol. The van der Waals surface area contributed by atoms with Crippen molar-refractivity contribution in [2.24, 2.45) is 0 Å². The zero-order valence-electron chi connectivity index (χ0n) is 15.0. The SMILES string of the molecule is Cc1c2c(nc3ccccc13)CCN(C(=O)OC1CCCCC1)CC2. The number of pyridine rings is 1. The third-order valence-electron chi connectivity index (χ3n) is 5.69. The number of carbonyl (C=O) groups excluding carboxylic acids is 1. The summed E-state index contributed by atoms with van der Waals surface area (Å²) >= 11 is 0. The summed E-state index contributed by atoms with van der Waals surface area (Å²) in [6, 6.07) is 8.31. The molecule has 0 atom stereocenters. The monoisotopic (exact) mass is 338 g/mol. The molecule has 4 rings (SSSR count). The first kappa shape index (κ1) is 16.4. The zero-order chi connectivity index (χ0) is 17.2. The van der Waals surface area contributed by atoms with Crippen LogP contribution in [-0.4, -0.2) is 35.2 Å². The number of fused-ring (bicyclic) bond motifs is 2. The van der Waals surface area contributed by atoms with Crippen molar-refractivity contribution in [3.05, 3.63) is 41.1 Å². The Bertz CT molecular complexity index is 781. The highest BCUT2D eigenvalue weighted by molar-refractivity contribution is 5.83. The highest BCUT2D eigenvalue weighted by Crippen LogP contribution is 2.26. The Hall–Kier alpha value is -2.10. The Balaban J connectivity index is 1.50. The number of hydrogen-bond acceptors (Lipinski definition) is 3. The molecule has 1 aliphatic heterocycles. The Morgan fingerprint density at radius 3 is 2.72 bits per heavy atom. The van der Waals surface area contributed by atoms with E-state index in [0.29, 0.717) is 6.54 Å². The van der Waals surface area contributed by atoms with Crippen molar-refractivity contribution in [1.29, 1.82) is 0 Å². The molecule has 2 heterocycles. The van der Waals surface area contributed by atoms with E-state index in [2.05, 4.69) is 25.1 Å². The lowest BCUT2D eigenvalue weighted by Crippen LogP contribution is -2.36. The first-order valence-corrected chi connectivity index (χ1v) is 9.55. The van der Waals surface area contributed by atoms with Gasteiger partial charge >= 0.3 is 6.09 Å². The molecular weight excluding hydrogens is 312 g/mol. The van der Waals surface area contributed by atoms with Crippen LogP contribution in [0, 0.1) is 6.92 Å². The van der Waals surface area contributed by atoms with Gasteiger partial charge < -0.3 is 9.64 Å². The molecule has 4 heteroatoms. The van der Waals surface area contributed by atoms with Gasteiger partial charge in [0.15, 0.2) is 0 Å². The summed E-state index contributed by atoms with van der Waals surface area (Å²) < 4.78 is 5.76. The van der Waals surface area contributed by atoms with Gasteiger partial charge in [0.25, 0.3) is 0 Å². The lowest BCUT2D eigenvalue weighted by atomic mass is 9.98. The number of ether oxygens (including phenoxy) is 1. The molecule has 0 N–H and O–H groups in total. The quantitative estimate of drug-likeness (QED) is 0.773. The van der Waals surface area contributed by atoms with E-state index in [4.69, 9.17) is 9.72 Å². The zero-order valence-corrected chi connectivity index (χ0v) is 15.0. The molecule has 0 unspecified atom stereocenters. The second-order valence-electron chi connectivity index (χ2n) is 7.31. The Morgan fingerprint density at radius 2 is 1.88 bits per heavy atom. The average Bonchev–Trinajstić information content (AvgIpc) is 2.86. The first-order chi connectivity index (χ1) is 12.2. The number of aromatic nitrogens is 1. The van der Waals surface area contributed by atoms with Crippen LogP contribution in [0.4, 0.5) is 4.79 Å². The third kappa shape index (κ3) is 3.35. The van der Waals surface area contributed by atoms with Gasteiger partial charge in [-0.2, -0.15) is 0 Å². The van der Waals surface area contributed by atoms with Crippen LogP contribution in [-0.2, 0) is 17.6 Å². The van der Waals surface area contributed by atoms with Crippen LogP contribution in [0.1, 0.15) is 48.9 Å². The van der Waals surface area contributed by atoms with Crippen molar-refractivity contribution in [1.82, 2.24) is 9.88 Å². The molecule has 1 aliphatic carbocycles. The van der Waals surface area contributed by atoms with Gasteiger partial charge in [0.1, 0.15) is 6.10 Å². The standard InChI is InChI=1S/C21H26N2O2/c1-15-17-9-5-6-10-19(17)22-20-12-14-23(13-11-18(15)20)21(24)25-16-7-3-2-4-8-16/h5-6,9-10,16H,2-4,7-8,11-14H2,1H3. The minimum Gasteiger partial charge on any atom is -0.446 e. The Labute approximate surface area is 149 Å². The van der Waals surface area contributed by atoms with E-state index >= 15 is 0 Å². The molecule has 1 amide bonds. The summed E-state index contributed by atoms with van der Waals surface area (Å²) in [6.45, 7) is 3.60. The molecule has 1 aromatic heterocycles. The van der Waals surface area contributed by atoms with Gasteiger partial charge in [-0.25, -0.2) is 4.79 Å². The summed E-state index contributed by atoms with van der Waals surface area (Å²) in [6.07, 6.45) is 7.32. The molecule has 1 aromatic carbocycles. The molecule has 2 aromatic rings. The van der Waals surface area contributed by atoms with E-state index in [0.717, 1.165) is 43.4 Å². The molecule has 4 nitrogen and oxygen atoms in total. The van der Waals surface area contributed by atoms with E-state index in [1.54, 1.807) is 0 Å². The molecule has 1 saturated carbocycles. The fourth-order valence-corrected chi connectivity index (χ4v) is 4.20. The summed E-state index contributed by atoms with van der Waals surface area (Å²) in [4.78, 5) is 19.3. The van der Waals surface area contributed by atoms with Crippen molar-refractivity contribution in [3.8, 4) is 0 Å². The summed E-state index contributed by atoms with van der Waals surface area (Å²) in [5.41, 5.74) is 4.82. The fourth-order valence-electron chi connectivity index (χ4n) is 4.20. The smallest absolute Gasteiger partial charge is 0.410 e. The highest BCUT2D eigenvalue weighted by atomic mass is 16.6. The lowest BCUT2D eigenvalue weighted by molar-refractivity contribution is 0.0467. The Kier molecular flexibility index (Phi) is 4.60. The first-order valence-electron chi connectivity index (χ1n) is 9.55. The van der Waals surface area contributed by atoms with Gasteiger partial charge in [-0.05, 0) is 56.2 Å². The maximum absolute atomic E-state index is 12.6. The van der Waals surface area contributed by atoms with Crippen LogP contribution >= 0.6 is 0 Å². The van der Waals surface area contributed by atoms with Crippen molar-refractivity contribution in [2.75, 3.05) is 13.1 Å². The van der Waals surface area contributed by atoms with Gasteiger partial charge in [0.2, 0.25) is 0 Å². The van der Waals surface area contributed by atoms with Crippen LogP contribution in [0.5, 0.6) is 0 Å². The molecule has 0 bridgehead atoms. The molecule has 1 fully saturated rings. The predicted molar refractivity (Wildman–Crippen MR) is 98.8 cm³/mol. The van der Waals surface area contributed by atoms with Gasteiger partial charge in [0, 0.05) is 30.6 Å². The van der Waals surface area contributed by atoms with E-state index in [-0.39, 0.29) is 12.2 Å². The number of aryl methyl sites for hydroxylation is 1. The van der Waals surface area contributed by atoms with Crippen molar-refractivity contribution in [2.45, 2.75) is 58.0 Å². The second kappa shape index (κ2) is 7.03. The van der Waals surface area contributed by atoms with Crippen molar-refractivity contribution in [3.63, 3.8) is 0 Å². The number of carbonyl (C=O) groups is 1. The van der Waals surface area contributed by atoms with E-state index < -0.39 is 0 Å². The maximum atomic E-state index is 12.6. The number of hydrogen-bond donors (Lipinski definition) is 0. The molecular formula is C21H26N2O2. The van der Waals surface area contributed by atoms with E-state index in [1.807, 2.05) is 11.0 Å². The molecule has 0 radical (unpaired) electrons. The highest BCUT2D eigenvalue weighted by Gasteiger charge is 2.25. The van der Waals surface area contributed by atoms with Crippen molar-refractivity contribution >= 4 is 17.0 Å². The van der Waals surface area contributed by atoms with Gasteiger partial charge in [-0.15, -0.1) is 0 Å². The summed E-state index contributed by atoms with van der Waals surface area (Å²) in [7, 11) is 0. The van der Waals surface area contributed by atoms with Crippen molar-refractivity contribution < 1.29 is 9.53 Å². The van der Waals surface area contributed by atoms with Crippen LogP contribution in [0.25, 0.3) is 10.9 Å². The topological polar surface area (TPSA) is 42.4 Å². The van der Waals surface area contributed by atoms with E-state index in [9.17, 15) is 4.79 Å². The van der Waals surface area contributed by atoms with Crippen LogP contribution in [0.3, 0.4) is 0 Å². The third-order valence-corrected chi connectivity index (χ3v) is 5.69. The molecule has 132 valence electrons. The maximum Gasteiger partial charge on any atom is 0.410 e. The Morgan fingerprint density at radius 1 is 1.12 bits per heavy atom. The normalized spacial score (nSPS) is 18.7. The number of nitrogens with zero attached hydrogens (tertiary/aromatic N) is 2.